The molecule has 2 saturated heterocycles. The molecule has 136 valence electrons. The van der Waals surface area contributed by atoms with Crippen LogP contribution in [-0.4, -0.2) is 35.4 Å². The van der Waals surface area contributed by atoms with Crippen molar-refractivity contribution in [3.63, 3.8) is 0 Å². The monoisotopic (exact) mass is 349 g/mol. The Kier molecular flexibility index (Phi) is 4.91. The van der Waals surface area contributed by atoms with Gasteiger partial charge in [0.15, 0.2) is 0 Å². The van der Waals surface area contributed by atoms with E-state index in [1.54, 1.807) is 0 Å². The number of carbonyl (C=O) groups is 1. The highest BCUT2D eigenvalue weighted by Gasteiger charge is 2.32. The first kappa shape index (κ1) is 17.1. The number of amides is 1. The van der Waals surface area contributed by atoms with Crippen LogP contribution in [0.4, 0.5) is 5.82 Å². The third kappa shape index (κ3) is 3.33. The van der Waals surface area contributed by atoms with Crippen LogP contribution in [0.2, 0.25) is 0 Å². The Balaban J connectivity index is 1.57. The number of rotatable bonds is 3. The second-order valence-corrected chi connectivity index (χ2v) is 7.41. The molecule has 0 spiro atoms. The molecule has 2 aliphatic rings. The molecule has 4 heteroatoms. The Bertz CT molecular complexity index is 768. The van der Waals surface area contributed by atoms with E-state index in [2.05, 4.69) is 24.0 Å². The molecule has 1 aromatic heterocycles. The Morgan fingerprint density at radius 3 is 2.46 bits per heavy atom. The predicted octanol–water partition coefficient (Wildman–Crippen LogP) is 4.36. The van der Waals surface area contributed by atoms with E-state index in [-0.39, 0.29) is 11.9 Å². The summed E-state index contributed by atoms with van der Waals surface area (Å²) >= 11 is 0. The lowest BCUT2D eigenvalue weighted by molar-refractivity contribution is 0.0735. The molecule has 0 aliphatic carbocycles. The molecule has 1 aromatic carbocycles. The summed E-state index contributed by atoms with van der Waals surface area (Å²) in [5.41, 5.74) is 3.04. The number of piperidine rings is 1. The molecule has 3 heterocycles. The topological polar surface area (TPSA) is 36.4 Å². The number of nitrogens with zero attached hydrogens (tertiary/aromatic N) is 3. The smallest absolute Gasteiger partial charge is 0.254 e. The van der Waals surface area contributed by atoms with Gasteiger partial charge in [0.25, 0.3) is 5.91 Å². The zero-order chi connectivity index (χ0) is 17.9. The Labute approximate surface area is 155 Å². The van der Waals surface area contributed by atoms with Gasteiger partial charge in [0, 0.05) is 30.9 Å². The van der Waals surface area contributed by atoms with Crippen LogP contribution in [0.25, 0.3) is 0 Å². The fourth-order valence-electron chi connectivity index (χ4n) is 4.29. The lowest BCUT2D eigenvalue weighted by atomic mass is 10.0. The maximum atomic E-state index is 13.0. The minimum Gasteiger partial charge on any atom is -0.357 e. The number of pyridine rings is 1. The van der Waals surface area contributed by atoms with E-state index in [0.717, 1.165) is 49.6 Å². The number of likely N-dealkylation sites (tertiary alicyclic amines) is 1. The van der Waals surface area contributed by atoms with E-state index in [4.69, 9.17) is 4.98 Å². The molecule has 4 nitrogen and oxygen atoms in total. The molecule has 0 radical (unpaired) electrons. The van der Waals surface area contributed by atoms with Gasteiger partial charge in [0.05, 0.1) is 6.04 Å². The van der Waals surface area contributed by atoms with E-state index < -0.39 is 0 Å². The molecular formula is C22H27N3O. The van der Waals surface area contributed by atoms with Crippen LogP contribution < -0.4 is 4.90 Å². The third-order valence-corrected chi connectivity index (χ3v) is 5.69. The van der Waals surface area contributed by atoms with E-state index in [1.807, 2.05) is 35.2 Å². The molecule has 0 unspecified atom stereocenters. The van der Waals surface area contributed by atoms with Gasteiger partial charge in [-0.1, -0.05) is 24.3 Å². The fraction of sp³-hybridized carbons (Fsp3) is 0.455. The normalized spacial score (nSPS) is 20.4. The molecule has 0 saturated carbocycles. The van der Waals surface area contributed by atoms with Crippen molar-refractivity contribution in [3.8, 4) is 0 Å². The van der Waals surface area contributed by atoms with Gasteiger partial charge in [-0.25, -0.2) is 4.98 Å². The van der Waals surface area contributed by atoms with Crippen LogP contribution >= 0.6 is 0 Å². The van der Waals surface area contributed by atoms with Gasteiger partial charge in [0.2, 0.25) is 0 Å². The van der Waals surface area contributed by atoms with Crippen molar-refractivity contribution >= 4 is 11.7 Å². The minimum atomic E-state index is 0.132. The molecule has 0 N–H and O–H groups in total. The fourth-order valence-corrected chi connectivity index (χ4v) is 4.29. The molecule has 1 amide bonds. The van der Waals surface area contributed by atoms with Gasteiger partial charge in [-0.2, -0.15) is 0 Å². The molecular weight excluding hydrogens is 322 g/mol. The number of aryl methyl sites for hydroxylation is 1. The zero-order valence-electron chi connectivity index (χ0n) is 15.5. The summed E-state index contributed by atoms with van der Waals surface area (Å²) < 4.78 is 0. The van der Waals surface area contributed by atoms with Crippen LogP contribution in [0.1, 0.15) is 59.8 Å². The lowest BCUT2D eigenvalue weighted by Gasteiger charge is -2.30. The number of anilines is 1. The first-order valence-electron chi connectivity index (χ1n) is 9.82. The van der Waals surface area contributed by atoms with Gasteiger partial charge >= 0.3 is 0 Å². The number of carbonyl (C=O) groups excluding carboxylic acids is 1. The van der Waals surface area contributed by atoms with Crippen molar-refractivity contribution in [1.29, 1.82) is 0 Å². The Hall–Kier alpha value is -2.36. The summed E-state index contributed by atoms with van der Waals surface area (Å²) in [4.78, 5) is 22.3. The first-order valence-corrected chi connectivity index (χ1v) is 9.82. The summed E-state index contributed by atoms with van der Waals surface area (Å²) in [6, 6.07) is 14.1. The van der Waals surface area contributed by atoms with Crippen molar-refractivity contribution in [3.05, 3.63) is 59.3 Å². The van der Waals surface area contributed by atoms with E-state index in [0.29, 0.717) is 0 Å². The van der Waals surface area contributed by atoms with Crippen LogP contribution in [-0.2, 0) is 0 Å². The number of hydrogen-bond donors (Lipinski definition) is 0. The highest BCUT2D eigenvalue weighted by atomic mass is 16.2. The largest absolute Gasteiger partial charge is 0.357 e. The maximum Gasteiger partial charge on any atom is 0.254 e. The summed E-state index contributed by atoms with van der Waals surface area (Å²) in [5.74, 6) is 1.22. The molecule has 2 aromatic rings. The summed E-state index contributed by atoms with van der Waals surface area (Å²) in [7, 11) is 0. The Morgan fingerprint density at radius 1 is 0.962 bits per heavy atom. The van der Waals surface area contributed by atoms with Crippen molar-refractivity contribution in [2.75, 3.05) is 24.5 Å². The molecule has 1 atom stereocenters. The Morgan fingerprint density at radius 2 is 1.73 bits per heavy atom. The summed E-state index contributed by atoms with van der Waals surface area (Å²) in [5, 5.41) is 0. The van der Waals surface area contributed by atoms with Crippen LogP contribution in [0, 0.1) is 6.92 Å². The molecule has 0 bridgehead atoms. The maximum absolute atomic E-state index is 13.0. The van der Waals surface area contributed by atoms with E-state index in [9.17, 15) is 4.79 Å². The zero-order valence-corrected chi connectivity index (χ0v) is 15.5. The second kappa shape index (κ2) is 7.48. The molecule has 4 rings (SSSR count). The molecule has 2 fully saturated rings. The van der Waals surface area contributed by atoms with Crippen LogP contribution in [0.15, 0.2) is 42.5 Å². The number of hydrogen-bond acceptors (Lipinski definition) is 3. The molecule has 26 heavy (non-hydrogen) atoms. The van der Waals surface area contributed by atoms with Crippen molar-refractivity contribution in [2.24, 2.45) is 0 Å². The molecule has 2 aliphatic heterocycles. The quantitative estimate of drug-likeness (QED) is 0.826. The summed E-state index contributed by atoms with van der Waals surface area (Å²) in [6.07, 6.45) is 5.90. The number of aromatic nitrogens is 1. The van der Waals surface area contributed by atoms with Crippen molar-refractivity contribution in [2.45, 2.75) is 45.1 Å². The van der Waals surface area contributed by atoms with Gasteiger partial charge in [-0.05, 0) is 62.8 Å². The van der Waals surface area contributed by atoms with Gasteiger partial charge in [0.1, 0.15) is 5.82 Å². The second-order valence-electron chi connectivity index (χ2n) is 7.41. The lowest BCUT2D eigenvalue weighted by Crippen LogP contribution is -2.32. The average molecular weight is 349 g/mol. The third-order valence-electron chi connectivity index (χ3n) is 5.69. The average Bonchev–Trinajstić information content (AvgIpc) is 3.18. The summed E-state index contributed by atoms with van der Waals surface area (Å²) in [6.45, 7) is 5.12. The van der Waals surface area contributed by atoms with Gasteiger partial charge in [-0.3, -0.25) is 4.79 Å². The van der Waals surface area contributed by atoms with Crippen LogP contribution in [0.5, 0.6) is 0 Å². The van der Waals surface area contributed by atoms with Gasteiger partial charge < -0.3 is 9.80 Å². The van der Waals surface area contributed by atoms with E-state index >= 15 is 0 Å². The van der Waals surface area contributed by atoms with E-state index in [1.165, 1.54) is 24.8 Å². The standard InChI is InChI=1S/C22H27N3O/c1-17-19(12-13-21(23-17)24-14-6-3-7-15-24)20-11-8-16-25(20)22(26)18-9-4-2-5-10-18/h2,4-5,9-10,12-13,20H,3,6-8,11,14-16H2,1H3/t20-/m1/s1. The van der Waals surface area contributed by atoms with Gasteiger partial charge in [-0.15, -0.1) is 0 Å². The SMILES string of the molecule is Cc1nc(N2CCCCC2)ccc1[C@H]1CCCN1C(=O)c1ccccc1. The minimum absolute atomic E-state index is 0.132. The predicted molar refractivity (Wildman–Crippen MR) is 104 cm³/mol. The van der Waals surface area contributed by atoms with Crippen molar-refractivity contribution < 1.29 is 4.79 Å². The highest BCUT2D eigenvalue weighted by Crippen LogP contribution is 2.35. The first-order chi connectivity index (χ1) is 12.7. The van der Waals surface area contributed by atoms with Crippen molar-refractivity contribution in [1.82, 2.24) is 9.88 Å². The number of benzene rings is 1. The highest BCUT2D eigenvalue weighted by molar-refractivity contribution is 5.94. The van der Waals surface area contributed by atoms with Crippen LogP contribution in [0.3, 0.4) is 0 Å².